The number of hydrogen-bond acceptors (Lipinski definition) is 6. The molecule has 0 bridgehead atoms. The van der Waals surface area contributed by atoms with Crippen LogP contribution in [0.15, 0.2) is 86.2 Å². The Hall–Kier alpha value is -3.17. The van der Waals surface area contributed by atoms with Crippen molar-refractivity contribution in [3.05, 3.63) is 128 Å². The number of carbonyl (C=O) groups is 1. The van der Waals surface area contributed by atoms with E-state index in [1.165, 1.54) is 11.3 Å². The van der Waals surface area contributed by atoms with Crippen LogP contribution >= 0.6 is 50.5 Å². The van der Waals surface area contributed by atoms with Crippen molar-refractivity contribution in [2.24, 2.45) is 4.99 Å². The predicted octanol–water partition coefficient (Wildman–Crippen LogP) is 6.76. The lowest BCUT2D eigenvalue weighted by Crippen LogP contribution is -2.39. The highest BCUT2D eigenvalue weighted by Crippen LogP contribution is 2.31. The van der Waals surface area contributed by atoms with Crippen LogP contribution in [0.25, 0.3) is 6.08 Å². The average molecular weight is 672 g/mol. The minimum atomic E-state index is -0.666. The van der Waals surface area contributed by atoms with E-state index in [9.17, 15) is 9.59 Å². The number of benzene rings is 3. The third-order valence-corrected chi connectivity index (χ3v) is 8.76. The third-order valence-electron chi connectivity index (χ3n) is 6.55. The van der Waals surface area contributed by atoms with Crippen LogP contribution in [0.1, 0.15) is 42.1 Å². The lowest BCUT2D eigenvalue weighted by atomic mass is 9.95. The van der Waals surface area contributed by atoms with E-state index in [-0.39, 0.29) is 18.8 Å². The summed E-state index contributed by atoms with van der Waals surface area (Å²) >= 11 is 17.0. The summed E-state index contributed by atoms with van der Waals surface area (Å²) in [6.07, 6.45) is 1.79. The molecule has 0 saturated heterocycles. The van der Waals surface area contributed by atoms with Gasteiger partial charge in [-0.3, -0.25) is 9.36 Å². The Morgan fingerprint density at radius 3 is 2.54 bits per heavy atom. The van der Waals surface area contributed by atoms with E-state index in [2.05, 4.69) is 20.9 Å². The van der Waals surface area contributed by atoms with Crippen molar-refractivity contribution in [3.63, 3.8) is 0 Å². The number of halogens is 3. The van der Waals surface area contributed by atoms with Gasteiger partial charge < -0.3 is 9.47 Å². The van der Waals surface area contributed by atoms with Crippen molar-refractivity contribution in [2.45, 2.75) is 33.4 Å². The number of ether oxygens (including phenoxy) is 2. The van der Waals surface area contributed by atoms with Crippen LogP contribution in [0.4, 0.5) is 0 Å². The third kappa shape index (κ3) is 6.21. The maximum atomic E-state index is 14.0. The molecule has 0 aliphatic carbocycles. The Balaban J connectivity index is 1.60. The van der Waals surface area contributed by atoms with Crippen molar-refractivity contribution in [1.29, 1.82) is 0 Å². The van der Waals surface area contributed by atoms with Gasteiger partial charge in [0.25, 0.3) is 5.56 Å². The van der Waals surface area contributed by atoms with Crippen LogP contribution in [0, 0.1) is 6.92 Å². The zero-order valence-electron chi connectivity index (χ0n) is 22.4. The molecule has 210 valence electrons. The fourth-order valence-corrected chi connectivity index (χ4v) is 6.29. The van der Waals surface area contributed by atoms with Gasteiger partial charge in [-0.2, -0.15) is 0 Å². The highest BCUT2D eigenvalue weighted by atomic mass is 79.9. The minimum Gasteiger partial charge on any atom is -0.488 e. The number of nitrogens with zero attached hydrogens (tertiary/aromatic N) is 2. The molecule has 1 aromatic heterocycles. The molecule has 3 aromatic carbocycles. The van der Waals surface area contributed by atoms with Gasteiger partial charge in [-0.05, 0) is 68.3 Å². The lowest BCUT2D eigenvalue weighted by Gasteiger charge is -2.24. The van der Waals surface area contributed by atoms with E-state index in [4.69, 9.17) is 32.7 Å². The summed E-state index contributed by atoms with van der Waals surface area (Å²) in [5.74, 6) is 0.0992. The van der Waals surface area contributed by atoms with E-state index in [0.29, 0.717) is 42.0 Å². The molecular weight excluding hydrogens is 647 g/mol. The van der Waals surface area contributed by atoms with Crippen molar-refractivity contribution in [3.8, 4) is 5.75 Å². The molecule has 0 fully saturated rings. The fourth-order valence-electron chi connectivity index (χ4n) is 4.55. The van der Waals surface area contributed by atoms with Crippen LogP contribution in [-0.4, -0.2) is 17.1 Å². The minimum absolute atomic E-state index is 0.217. The van der Waals surface area contributed by atoms with Gasteiger partial charge in [0.05, 0.1) is 38.5 Å². The monoisotopic (exact) mass is 670 g/mol. The first-order valence-electron chi connectivity index (χ1n) is 12.8. The second-order valence-corrected chi connectivity index (χ2v) is 12.2. The van der Waals surface area contributed by atoms with Gasteiger partial charge in [0.15, 0.2) is 4.80 Å². The van der Waals surface area contributed by atoms with Crippen molar-refractivity contribution < 1.29 is 14.3 Å². The van der Waals surface area contributed by atoms with Crippen molar-refractivity contribution in [2.75, 3.05) is 6.61 Å². The van der Waals surface area contributed by atoms with Crippen LogP contribution in [0.2, 0.25) is 10.0 Å². The normalized spacial score (nSPS) is 15.0. The zero-order chi connectivity index (χ0) is 29.3. The molecule has 1 atom stereocenters. The summed E-state index contributed by atoms with van der Waals surface area (Å²) < 4.78 is 14.4. The number of allylic oxidation sites excluding steroid dienone is 1. The Labute approximate surface area is 259 Å². The molecule has 0 unspecified atom stereocenters. The van der Waals surface area contributed by atoms with Crippen LogP contribution < -0.4 is 19.6 Å². The molecule has 1 aliphatic rings. The van der Waals surface area contributed by atoms with Gasteiger partial charge >= 0.3 is 5.97 Å². The SMILES string of the molecule is CCOC(=O)C1=C(C)N=c2s/c(=C/c3cc(Br)ccc3OCc3ccc(Cl)c(Cl)c3)c(=O)n2[C@@H]1c1ccc(C)cc1. The number of aromatic nitrogens is 1. The summed E-state index contributed by atoms with van der Waals surface area (Å²) in [6, 6.07) is 18.0. The molecule has 1 aliphatic heterocycles. The quantitative estimate of drug-likeness (QED) is 0.204. The molecule has 0 N–H and O–H groups in total. The number of carbonyl (C=O) groups excluding carboxylic acids is 1. The van der Waals surface area contributed by atoms with E-state index >= 15 is 0 Å². The molecule has 0 amide bonds. The Morgan fingerprint density at radius 2 is 1.83 bits per heavy atom. The maximum absolute atomic E-state index is 14.0. The summed E-state index contributed by atoms with van der Waals surface area (Å²) in [5, 5.41) is 0.922. The van der Waals surface area contributed by atoms with Gasteiger partial charge in [0.2, 0.25) is 0 Å². The maximum Gasteiger partial charge on any atom is 0.338 e. The highest BCUT2D eigenvalue weighted by molar-refractivity contribution is 9.10. The Morgan fingerprint density at radius 1 is 1.07 bits per heavy atom. The second-order valence-electron chi connectivity index (χ2n) is 9.43. The average Bonchev–Trinajstić information content (AvgIpc) is 3.24. The Kier molecular flexibility index (Phi) is 8.85. The number of rotatable bonds is 7. The molecule has 0 saturated carbocycles. The molecule has 0 spiro atoms. The fraction of sp³-hybridized carbons (Fsp3) is 0.194. The first kappa shape index (κ1) is 29.3. The Bertz CT molecular complexity index is 1860. The first-order chi connectivity index (χ1) is 19.7. The zero-order valence-corrected chi connectivity index (χ0v) is 26.3. The van der Waals surface area contributed by atoms with Crippen LogP contribution in [-0.2, 0) is 16.1 Å². The van der Waals surface area contributed by atoms with Crippen LogP contribution in [0.5, 0.6) is 5.75 Å². The number of thiazole rings is 1. The largest absolute Gasteiger partial charge is 0.488 e. The van der Waals surface area contributed by atoms with Crippen LogP contribution in [0.3, 0.4) is 0 Å². The molecule has 0 radical (unpaired) electrons. The van der Waals surface area contributed by atoms with Crippen molar-refractivity contribution in [1.82, 2.24) is 4.57 Å². The number of esters is 1. The van der Waals surface area contributed by atoms with Gasteiger partial charge in [-0.25, -0.2) is 9.79 Å². The molecule has 5 rings (SSSR count). The molecular formula is C31H25BrCl2N2O4S. The van der Waals surface area contributed by atoms with Gasteiger partial charge in [0.1, 0.15) is 12.4 Å². The predicted molar refractivity (Wildman–Crippen MR) is 167 cm³/mol. The summed E-state index contributed by atoms with van der Waals surface area (Å²) in [6.45, 7) is 5.99. The summed E-state index contributed by atoms with van der Waals surface area (Å²) in [4.78, 5) is 32.2. The van der Waals surface area contributed by atoms with Crippen molar-refractivity contribution >= 4 is 62.5 Å². The standard InChI is InChI=1S/C31H25BrCl2N2O4S/c1-4-39-30(38)27-18(3)35-31-36(28(27)20-8-5-17(2)6-9-20)29(37)26(41-31)15-21-14-22(32)10-12-25(21)40-16-19-7-11-23(33)24(34)13-19/h5-15,28H,4,16H2,1-3H3/b26-15+/t28-/m1/s1. The van der Waals surface area contributed by atoms with Gasteiger partial charge in [0, 0.05) is 10.0 Å². The first-order valence-corrected chi connectivity index (χ1v) is 15.1. The topological polar surface area (TPSA) is 69.9 Å². The number of fused-ring (bicyclic) bond motifs is 1. The molecule has 10 heteroatoms. The summed E-state index contributed by atoms with van der Waals surface area (Å²) in [7, 11) is 0. The smallest absolute Gasteiger partial charge is 0.338 e. The van der Waals surface area contributed by atoms with E-state index in [0.717, 1.165) is 21.2 Å². The van der Waals surface area contributed by atoms with E-state index < -0.39 is 12.0 Å². The summed E-state index contributed by atoms with van der Waals surface area (Å²) in [5.41, 5.74) is 4.05. The van der Waals surface area contributed by atoms with Gasteiger partial charge in [-0.15, -0.1) is 0 Å². The van der Waals surface area contributed by atoms with E-state index in [1.807, 2.05) is 55.5 Å². The van der Waals surface area contributed by atoms with Gasteiger partial charge in [-0.1, -0.05) is 86.4 Å². The molecule has 6 nitrogen and oxygen atoms in total. The molecule has 41 heavy (non-hydrogen) atoms. The molecule has 4 aromatic rings. The van der Waals surface area contributed by atoms with E-state index in [1.54, 1.807) is 36.6 Å². The molecule has 2 heterocycles. The highest BCUT2D eigenvalue weighted by Gasteiger charge is 2.33. The lowest BCUT2D eigenvalue weighted by molar-refractivity contribution is -0.139. The number of aryl methyl sites for hydroxylation is 1. The second kappa shape index (κ2) is 12.4. The number of hydrogen-bond donors (Lipinski definition) is 0.